The fourth-order valence-electron chi connectivity index (χ4n) is 1.09. The molecule has 0 unspecified atom stereocenters. The van der Waals surface area contributed by atoms with Crippen LogP contribution in [0, 0.1) is 0 Å². The van der Waals surface area contributed by atoms with Crippen molar-refractivity contribution in [3.63, 3.8) is 0 Å². The molecule has 14 heavy (non-hydrogen) atoms. The Hall–Kier alpha value is -1.55. The molecule has 0 bridgehead atoms. The van der Waals surface area contributed by atoms with Crippen LogP contribution in [-0.4, -0.2) is 22.9 Å². The maximum Gasteiger partial charge on any atom is 0.105 e. The standard InChI is InChI=1S/C9H11N3O2/c10-12-11-6-8(13)9(14)7-4-2-1-3-5-7/h1-5,8-9,13-14H,6H2/t8-,9-/m1/s1. The molecule has 1 rings (SSSR count). The van der Waals surface area contributed by atoms with Crippen molar-refractivity contribution in [1.82, 2.24) is 0 Å². The highest BCUT2D eigenvalue weighted by molar-refractivity contribution is 5.18. The van der Waals surface area contributed by atoms with Gasteiger partial charge in [0.05, 0.1) is 12.6 Å². The van der Waals surface area contributed by atoms with Crippen molar-refractivity contribution in [1.29, 1.82) is 0 Å². The van der Waals surface area contributed by atoms with E-state index in [-0.39, 0.29) is 6.54 Å². The molecule has 74 valence electrons. The number of benzene rings is 1. The van der Waals surface area contributed by atoms with Gasteiger partial charge in [-0.1, -0.05) is 35.4 Å². The van der Waals surface area contributed by atoms with Crippen molar-refractivity contribution in [2.24, 2.45) is 5.11 Å². The predicted octanol–water partition coefficient (Wildman–Crippen LogP) is 1.39. The molecular weight excluding hydrogens is 182 g/mol. The Bertz CT molecular complexity index is 322. The molecule has 0 amide bonds. The monoisotopic (exact) mass is 193 g/mol. The molecule has 2 atom stereocenters. The summed E-state index contributed by atoms with van der Waals surface area (Å²) in [5.41, 5.74) is 8.64. The Morgan fingerprint density at radius 1 is 1.29 bits per heavy atom. The van der Waals surface area contributed by atoms with Crippen molar-refractivity contribution in [2.75, 3.05) is 6.54 Å². The average Bonchev–Trinajstić information content (AvgIpc) is 2.26. The van der Waals surface area contributed by atoms with Crippen LogP contribution in [-0.2, 0) is 0 Å². The van der Waals surface area contributed by atoms with Crippen LogP contribution >= 0.6 is 0 Å². The van der Waals surface area contributed by atoms with Crippen LogP contribution in [0.15, 0.2) is 35.4 Å². The second kappa shape index (κ2) is 5.24. The van der Waals surface area contributed by atoms with Crippen molar-refractivity contribution >= 4 is 0 Å². The van der Waals surface area contributed by atoms with Gasteiger partial charge in [0.2, 0.25) is 0 Å². The Kier molecular flexibility index (Phi) is 3.94. The lowest BCUT2D eigenvalue weighted by atomic mass is 10.1. The second-order valence-electron chi connectivity index (χ2n) is 2.84. The first-order valence-electron chi connectivity index (χ1n) is 4.17. The van der Waals surface area contributed by atoms with E-state index >= 15 is 0 Å². The van der Waals surface area contributed by atoms with Gasteiger partial charge in [-0.15, -0.1) is 0 Å². The number of hydrogen-bond acceptors (Lipinski definition) is 3. The van der Waals surface area contributed by atoms with E-state index in [2.05, 4.69) is 10.0 Å². The molecule has 0 fully saturated rings. The molecule has 0 saturated heterocycles. The molecule has 0 aliphatic carbocycles. The number of azide groups is 1. The van der Waals surface area contributed by atoms with Crippen molar-refractivity contribution in [3.8, 4) is 0 Å². The van der Waals surface area contributed by atoms with Crippen LogP contribution < -0.4 is 0 Å². The molecule has 5 heteroatoms. The highest BCUT2D eigenvalue weighted by Gasteiger charge is 2.16. The molecule has 0 saturated carbocycles. The summed E-state index contributed by atoms with van der Waals surface area (Å²) in [7, 11) is 0. The summed E-state index contributed by atoms with van der Waals surface area (Å²) < 4.78 is 0. The predicted molar refractivity (Wildman–Crippen MR) is 51.4 cm³/mol. The summed E-state index contributed by atoms with van der Waals surface area (Å²) in [6, 6.07) is 8.74. The number of aliphatic hydroxyl groups excluding tert-OH is 2. The van der Waals surface area contributed by atoms with Gasteiger partial charge in [-0.25, -0.2) is 0 Å². The van der Waals surface area contributed by atoms with E-state index in [0.29, 0.717) is 5.56 Å². The Balaban J connectivity index is 2.65. The number of nitrogens with zero attached hydrogens (tertiary/aromatic N) is 3. The lowest BCUT2D eigenvalue weighted by Gasteiger charge is -2.15. The maximum absolute atomic E-state index is 9.58. The van der Waals surface area contributed by atoms with Gasteiger partial charge in [-0.3, -0.25) is 0 Å². The van der Waals surface area contributed by atoms with E-state index in [4.69, 9.17) is 5.53 Å². The minimum absolute atomic E-state index is 0.132. The zero-order valence-electron chi connectivity index (χ0n) is 7.48. The second-order valence-corrected chi connectivity index (χ2v) is 2.84. The molecule has 1 aromatic rings. The zero-order valence-corrected chi connectivity index (χ0v) is 7.48. The summed E-state index contributed by atoms with van der Waals surface area (Å²) in [5.74, 6) is 0. The molecular formula is C9H11N3O2. The molecule has 0 aromatic heterocycles. The van der Waals surface area contributed by atoms with E-state index in [0.717, 1.165) is 0 Å². The quantitative estimate of drug-likeness (QED) is 0.430. The van der Waals surface area contributed by atoms with Crippen LogP contribution in [0.5, 0.6) is 0 Å². The van der Waals surface area contributed by atoms with Crippen LogP contribution in [0.25, 0.3) is 10.4 Å². The number of hydrogen-bond donors (Lipinski definition) is 2. The highest BCUT2D eigenvalue weighted by Crippen LogP contribution is 2.16. The van der Waals surface area contributed by atoms with Gasteiger partial charge in [0.1, 0.15) is 6.10 Å². The summed E-state index contributed by atoms with van der Waals surface area (Å²) in [6.07, 6.45) is -2.07. The minimum atomic E-state index is -1.06. The largest absolute Gasteiger partial charge is 0.390 e. The topological polar surface area (TPSA) is 89.2 Å². The fourth-order valence-corrected chi connectivity index (χ4v) is 1.09. The SMILES string of the molecule is [N-]=[N+]=NC[C@@H](O)[C@H](O)c1ccccc1. The number of rotatable bonds is 4. The lowest BCUT2D eigenvalue weighted by Crippen LogP contribution is -2.20. The molecule has 0 aliphatic rings. The summed E-state index contributed by atoms with van der Waals surface area (Å²) >= 11 is 0. The Morgan fingerprint density at radius 3 is 2.50 bits per heavy atom. The molecule has 0 heterocycles. The Labute approximate surface area is 81.2 Å². The molecule has 2 N–H and O–H groups in total. The third-order valence-corrected chi connectivity index (χ3v) is 1.84. The smallest absolute Gasteiger partial charge is 0.105 e. The zero-order chi connectivity index (χ0) is 10.4. The van der Waals surface area contributed by atoms with Gasteiger partial charge in [0.15, 0.2) is 0 Å². The fraction of sp³-hybridized carbons (Fsp3) is 0.333. The van der Waals surface area contributed by atoms with Crippen LogP contribution in [0.3, 0.4) is 0 Å². The van der Waals surface area contributed by atoms with E-state index in [1.807, 2.05) is 6.07 Å². The first kappa shape index (κ1) is 10.5. The summed E-state index contributed by atoms with van der Waals surface area (Å²) in [6.45, 7) is -0.132. The van der Waals surface area contributed by atoms with Gasteiger partial charge in [0.25, 0.3) is 0 Å². The van der Waals surface area contributed by atoms with E-state index in [9.17, 15) is 10.2 Å². The third kappa shape index (κ3) is 2.74. The van der Waals surface area contributed by atoms with Gasteiger partial charge in [0, 0.05) is 4.91 Å². The summed E-state index contributed by atoms with van der Waals surface area (Å²) in [4.78, 5) is 2.51. The van der Waals surface area contributed by atoms with Crippen molar-refractivity contribution < 1.29 is 10.2 Å². The van der Waals surface area contributed by atoms with E-state index < -0.39 is 12.2 Å². The van der Waals surface area contributed by atoms with Gasteiger partial charge in [-0.2, -0.15) is 0 Å². The van der Waals surface area contributed by atoms with Crippen LogP contribution in [0.1, 0.15) is 11.7 Å². The van der Waals surface area contributed by atoms with Crippen molar-refractivity contribution in [2.45, 2.75) is 12.2 Å². The number of aliphatic hydroxyl groups is 2. The normalized spacial score (nSPS) is 14.1. The summed E-state index contributed by atoms with van der Waals surface area (Å²) in [5, 5.41) is 22.2. The lowest BCUT2D eigenvalue weighted by molar-refractivity contribution is 0.0244. The van der Waals surface area contributed by atoms with E-state index in [1.165, 1.54) is 0 Å². The first-order valence-corrected chi connectivity index (χ1v) is 4.17. The van der Waals surface area contributed by atoms with Crippen LogP contribution in [0.2, 0.25) is 0 Å². The Morgan fingerprint density at radius 2 is 1.93 bits per heavy atom. The molecule has 0 aliphatic heterocycles. The molecule has 5 nitrogen and oxygen atoms in total. The van der Waals surface area contributed by atoms with Gasteiger partial charge in [-0.05, 0) is 11.1 Å². The minimum Gasteiger partial charge on any atom is -0.390 e. The highest BCUT2D eigenvalue weighted by atomic mass is 16.3. The third-order valence-electron chi connectivity index (χ3n) is 1.84. The average molecular weight is 193 g/mol. The van der Waals surface area contributed by atoms with Gasteiger partial charge >= 0.3 is 0 Å². The van der Waals surface area contributed by atoms with Gasteiger partial charge < -0.3 is 10.2 Å². The molecule has 0 spiro atoms. The van der Waals surface area contributed by atoms with Crippen LogP contribution in [0.4, 0.5) is 0 Å². The molecule has 1 aromatic carbocycles. The van der Waals surface area contributed by atoms with E-state index in [1.54, 1.807) is 24.3 Å². The first-order chi connectivity index (χ1) is 6.75. The molecule has 0 radical (unpaired) electrons. The maximum atomic E-state index is 9.58. The van der Waals surface area contributed by atoms with Crippen molar-refractivity contribution in [3.05, 3.63) is 46.3 Å².